The Balaban J connectivity index is 2.06. The fraction of sp³-hybridized carbons (Fsp3) is 0.333. The molecule has 118 valence electrons. The van der Waals surface area contributed by atoms with Crippen LogP contribution in [-0.4, -0.2) is 21.8 Å². The molecule has 1 unspecified atom stereocenters. The van der Waals surface area contributed by atoms with Crippen molar-refractivity contribution in [3.63, 3.8) is 0 Å². The van der Waals surface area contributed by atoms with Crippen LogP contribution in [0.4, 0.5) is 5.82 Å². The molecule has 5 nitrogen and oxygen atoms in total. The molecule has 0 fully saturated rings. The van der Waals surface area contributed by atoms with E-state index in [9.17, 15) is 4.79 Å². The molecule has 0 saturated carbocycles. The van der Waals surface area contributed by atoms with E-state index in [1.165, 1.54) is 0 Å². The third-order valence-electron chi connectivity index (χ3n) is 3.00. The van der Waals surface area contributed by atoms with Crippen molar-refractivity contribution in [1.82, 2.24) is 9.78 Å². The van der Waals surface area contributed by atoms with Crippen LogP contribution in [0.15, 0.2) is 30.5 Å². The van der Waals surface area contributed by atoms with Crippen LogP contribution in [0.2, 0.25) is 10.0 Å². The lowest BCUT2D eigenvalue weighted by Crippen LogP contribution is -2.31. The van der Waals surface area contributed by atoms with Crippen molar-refractivity contribution in [3.8, 4) is 5.75 Å². The maximum absolute atomic E-state index is 12.2. The average molecular weight is 342 g/mol. The molecule has 2 rings (SSSR count). The first-order chi connectivity index (χ1) is 10.4. The largest absolute Gasteiger partial charge is 0.479 e. The molecule has 7 heteroatoms. The van der Waals surface area contributed by atoms with Gasteiger partial charge in [0, 0.05) is 12.1 Å². The molecule has 0 saturated heterocycles. The van der Waals surface area contributed by atoms with Crippen LogP contribution in [0.1, 0.15) is 26.8 Å². The van der Waals surface area contributed by atoms with E-state index in [1.54, 1.807) is 42.1 Å². The van der Waals surface area contributed by atoms with Gasteiger partial charge < -0.3 is 10.1 Å². The van der Waals surface area contributed by atoms with E-state index >= 15 is 0 Å². The molecule has 0 aliphatic heterocycles. The molecule has 0 radical (unpaired) electrons. The number of benzene rings is 1. The first-order valence-electron chi connectivity index (χ1n) is 6.85. The van der Waals surface area contributed by atoms with Crippen molar-refractivity contribution < 1.29 is 9.53 Å². The lowest BCUT2D eigenvalue weighted by atomic mass is 10.3. The third-order valence-corrected chi connectivity index (χ3v) is 3.80. The summed E-state index contributed by atoms with van der Waals surface area (Å²) in [6.07, 6.45) is 0.904. The smallest absolute Gasteiger partial charge is 0.266 e. The Kier molecular flexibility index (Phi) is 5.32. The van der Waals surface area contributed by atoms with Crippen LogP contribution < -0.4 is 10.1 Å². The van der Waals surface area contributed by atoms with Crippen molar-refractivity contribution in [2.75, 3.05) is 5.32 Å². The molecule has 2 aromatic rings. The van der Waals surface area contributed by atoms with Gasteiger partial charge in [-0.05, 0) is 32.9 Å². The number of carbonyl (C=O) groups is 1. The van der Waals surface area contributed by atoms with E-state index in [-0.39, 0.29) is 17.0 Å². The van der Waals surface area contributed by atoms with E-state index in [4.69, 9.17) is 27.9 Å². The van der Waals surface area contributed by atoms with Gasteiger partial charge in [0.15, 0.2) is 6.10 Å². The minimum absolute atomic E-state index is 0.142. The predicted molar refractivity (Wildman–Crippen MR) is 87.8 cm³/mol. The van der Waals surface area contributed by atoms with Gasteiger partial charge in [0.25, 0.3) is 5.91 Å². The fourth-order valence-electron chi connectivity index (χ4n) is 1.87. The first kappa shape index (κ1) is 16.6. The number of hydrogen-bond donors (Lipinski definition) is 1. The molecule has 1 aromatic heterocycles. The lowest BCUT2D eigenvalue weighted by molar-refractivity contribution is -0.122. The normalized spacial score (nSPS) is 12.3. The van der Waals surface area contributed by atoms with E-state index < -0.39 is 6.10 Å². The highest BCUT2D eigenvalue weighted by Gasteiger charge is 2.19. The van der Waals surface area contributed by atoms with E-state index in [0.29, 0.717) is 16.6 Å². The predicted octanol–water partition coefficient (Wildman–Crippen LogP) is 4.18. The summed E-state index contributed by atoms with van der Waals surface area (Å²) < 4.78 is 7.30. The summed E-state index contributed by atoms with van der Waals surface area (Å²) >= 11 is 12.0. The summed E-state index contributed by atoms with van der Waals surface area (Å²) in [6, 6.07) is 6.90. The molecule has 0 aliphatic carbocycles. The summed E-state index contributed by atoms with van der Waals surface area (Å²) in [5.41, 5.74) is 0. The summed E-state index contributed by atoms with van der Waals surface area (Å²) in [7, 11) is 0. The van der Waals surface area contributed by atoms with Gasteiger partial charge in [-0.3, -0.25) is 4.79 Å². The molecule has 22 heavy (non-hydrogen) atoms. The maximum atomic E-state index is 12.2. The molecule has 0 bridgehead atoms. The molecule has 1 aromatic carbocycles. The van der Waals surface area contributed by atoms with Crippen LogP contribution in [0.5, 0.6) is 5.75 Å². The zero-order chi connectivity index (χ0) is 16.3. The number of nitrogens with one attached hydrogen (secondary N) is 1. The number of aromatic nitrogens is 2. The molecule has 0 spiro atoms. The van der Waals surface area contributed by atoms with Gasteiger partial charge in [0.05, 0.1) is 11.2 Å². The Hall–Kier alpha value is -1.72. The molecule has 1 atom stereocenters. The van der Waals surface area contributed by atoms with Crippen molar-refractivity contribution >= 4 is 34.9 Å². The Bertz CT molecular complexity index is 671. The van der Waals surface area contributed by atoms with Gasteiger partial charge in [-0.1, -0.05) is 29.3 Å². The van der Waals surface area contributed by atoms with Crippen molar-refractivity contribution in [2.45, 2.75) is 32.9 Å². The summed E-state index contributed by atoms with van der Waals surface area (Å²) in [4.78, 5) is 12.2. The molecular weight excluding hydrogens is 325 g/mol. The van der Waals surface area contributed by atoms with Crippen LogP contribution >= 0.6 is 23.2 Å². The highest BCUT2D eigenvalue weighted by atomic mass is 35.5. The second kappa shape index (κ2) is 7.03. The lowest BCUT2D eigenvalue weighted by Gasteiger charge is -2.17. The Morgan fingerprint density at radius 1 is 1.27 bits per heavy atom. The Morgan fingerprint density at radius 2 is 2.00 bits per heavy atom. The summed E-state index contributed by atoms with van der Waals surface area (Å²) in [5, 5.41) is 7.61. The minimum atomic E-state index is -0.730. The number of amides is 1. The van der Waals surface area contributed by atoms with E-state index in [0.717, 1.165) is 0 Å². The van der Waals surface area contributed by atoms with Crippen molar-refractivity contribution in [1.29, 1.82) is 0 Å². The van der Waals surface area contributed by atoms with E-state index in [1.807, 2.05) is 13.8 Å². The SMILES string of the molecule is CC(Oc1cccc(Cl)c1Cl)C(=O)Nc1ccnn1C(C)C. The van der Waals surface area contributed by atoms with Crippen molar-refractivity contribution in [3.05, 3.63) is 40.5 Å². The van der Waals surface area contributed by atoms with Gasteiger partial charge in [-0.2, -0.15) is 5.10 Å². The Morgan fingerprint density at radius 3 is 2.68 bits per heavy atom. The maximum Gasteiger partial charge on any atom is 0.266 e. The molecule has 1 amide bonds. The van der Waals surface area contributed by atoms with Crippen molar-refractivity contribution in [2.24, 2.45) is 0 Å². The zero-order valence-corrected chi connectivity index (χ0v) is 14.0. The monoisotopic (exact) mass is 341 g/mol. The highest BCUT2D eigenvalue weighted by molar-refractivity contribution is 6.42. The van der Waals surface area contributed by atoms with Crippen LogP contribution in [0.25, 0.3) is 0 Å². The van der Waals surface area contributed by atoms with E-state index in [2.05, 4.69) is 10.4 Å². The van der Waals surface area contributed by atoms with Gasteiger partial charge in [-0.25, -0.2) is 4.68 Å². The quantitative estimate of drug-likeness (QED) is 0.887. The second-order valence-electron chi connectivity index (χ2n) is 5.06. The first-order valence-corrected chi connectivity index (χ1v) is 7.60. The molecule has 0 aliphatic rings. The second-order valence-corrected chi connectivity index (χ2v) is 5.84. The summed E-state index contributed by atoms with van der Waals surface area (Å²) in [6.45, 7) is 5.60. The van der Waals surface area contributed by atoms with Gasteiger partial charge in [-0.15, -0.1) is 0 Å². The average Bonchev–Trinajstić information content (AvgIpc) is 2.92. The highest BCUT2D eigenvalue weighted by Crippen LogP contribution is 2.32. The number of nitrogens with zero attached hydrogens (tertiary/aromatic N) is 2. The number of anilines is 1. The minimum Gasteiger partial charge on any atom is -0.479 e. The third kappa shape index (κ3) is 3.72. The number of halogens is 2. The number of rotatable bonds is 5. The van der Waals surface area contributed by atoms with Gasteiger partial charge >= 0.3 is 0 Å². The number of ether oxygens (including phenoxy) is 1. The Labute approximate surface area is 139 Å². The van der Waals surface area contributed by atoms with Crippen LogP contribution in [0, 0.1) is 0 Å². The van der Waals surface area contributed by atoms with Crippen LogP contribution in [-0.2, 0) is 4.79 Å². The number of hydrogen-bond acceptors (Lipinski definition) is 3. The topological polar surface area (TPSA) is 56.1 Å². The molecular formula is C15H17Cl2N3O2. The van der Waals surface area contributed by atoms with Gasteiger partial charge in [0.1, 0.15) is 16.6 Å². The molecule has 1 N–H and O–H groups in total. The fourth-order valence-corrected chi connectivity index (χ4v) is 2.21. The van der Waals surface area contributed by atoms with Crippen LogP contribution in [0.3, 0.4) is 0 Å². The summed E-state index contributed by atoms with van der Waals surface area (Å²) in [5.74, 6) is 0.695. The number of carbonyl (C=O) groups excluding carboxylic acids is 1. The van der Waals surface area contributed by atoms with Gasteiger partial charge in [0.2, 0.25) is 0 Å². The molecule has 1 heterocycles. The standard InChI is InChI=1S/C15H17Cl2N3O2/c1-9(2)20-13(7-8-18-20)19-15(21)10(3)22-12-6-4-5-11(16)14(12)17/h4-10H,1-3H3,(H,19,21). The zero-order valence-electron chi connectivity index (χ0n) is 12.5.